The van der Waals surface area contributed by atoms with Gasteiger partial charge in [-0.25, -0.2) is 8.42 Å². The number of rotatable bonds is 12. The summed E-state index contributed by atoms with van der Waals surface area (Å²) in [4.78, 5) is 29.1. The molecule has 1 aliphatic carbocycles. The lowest BCUT2D eigenvalue weighted by Crippen LogP contribution is -2.52. The van der Waals surface area contributed by atoms with Crippen LogP contribution in [0.2, 0.25) is 10.0 Å². The second-order valence-electron chi connectivity index (χ2n) is 11.7. The lowest BCUT2D eigenvalue weighted by atomic mass is 10.1. The topological polar surface area (TPSA) is 96.0 Å². The number of hydrogen-bond donors (Lipinski definition) is 1. The summed E-state index contributed by atoms with van der Waals surface area (Å²) in [5.74, 6) is 0.229. The summed E-state index contributed by atoms with van der Waals surface area (Å²) in [6, 6.07) is 26.1. The van der Waals surface area contributed by atoms with E-state index < -0.39 is 28.5 Å². The standard InChI is InChI=1S/C36H37Cl2N3O5S/c1-25-12-20-33(21-13-25)47(44,45)41(30-16-18-32(19-17-30)46-31-10-4-3-5-11-31)24-35(42)40(23-27-14-15-28(37)22-34(27)38)26(2)36(43)39-29-8-6-7-9-29/h3-5,10-22,26,29H,6-9,23-24H2,1-2H3,(H,39,43)/t26-/m1/s1. The number of amides is 2. The molecular weight excluding hydrogens is 657 g/mol. The van der Waals surface area contributed by atoms with Crippen molar-refractivity contribution in [2.75, 3.05) is 10.8 Å². The van der Waals surface area contributed by atoms with E-state index in [0.717, 1.165) is 35.6 Å². The molecule has 4 aromatic carbocycles. The van der Waals surface area contributed by atoms with Gasteiger partial charge in [0.05, 0.1) is 10.6 Å². The van der Waals surface area contributed by atoms with E-state index in [-0.39, 0.29) is 29.1 Å². The first-order valence-corrected chi connectivity index (χ1v) is 17.7. The molecule has 0 saturated heterocycles. The molecule has 246 valence electrons. The number of ether oxygens (including phenoxy) is 1. The van der Waals surface area contributed by atoms with Crippen LogP contribution in [0.5, 0.6) is 11.5 Å². The molecule has 8 nitrogen and oxygen atoms in total. The van der Waals surface area contributed by atoms with Crippen molar-refractivity contribution in [2.24, 2.45) is 0 Å². The summed E-state index contributed by atoms with van der Waals surface area (Å²) in [5.41, 5.74) is 1.72. The van der Waals surface area contributed by atoms with E-state index in [0.29, 0.717) is 27.1 Å². The van der Waals surface area contributed by atoms with Crippen LogP contribution in [0, 0.1) is 6.92 Å². The summed E-state index contributed by atoms with van der Waals surface area (Å²) in [5, 5.41) is 3.82. The Bertz CT molecular complexity index is 1800. The molecule has 47 heavy (non-hydrogen) atoms. The fourth-order valence-electron chi connectivity index (χ4n) is 5.48. The Morgan fingerprint density at radius 2 is 1.53 bits per heavy atom. The van der Waals surface area contributed by atoms with Gasteiger partial charge in [-0.2, -0.15) is 0 Å². The fraction of sp³-hybridized carbons (Fsp3) is 0.278. The number of nitrogens with one attached hydrogen (secondary N) is 1. The van der Waals surface area contributed by atoms with Crippen molar-refractivity contribution in [3.05, 3.63) is 118 Å². The highest BCUT2D eigenvalue weighted by Crippen LogP contribution is 2.30. The maximum Gasteiger partial charge on any atom is 0.264 e. The third kappa shape index (κ3) is 8.66. The minimum atomic E-state index is -4.22. The zero-order chi connectivity index (χ0) is 33.6. The Balaban J connectivity index is 1.48. The number of halogens is 2. The zero-order valence-corrected chi connectivity index (χ0v) is 28.6. The minimum absolute atomic E-state index is 0.0276. The highest BCUT2D eigenvalue weighted by Gasteiger charge is 2.33. The van der Waals surface area contributed by atoms with Crippen LogP contribution in [-0.4, -0.2) is 43.8 Å². The maximum absolute atomic E-state index is 14.3. The van der Waals surface area contributed by atoms with Crippen molar-refractivity contribution in [1.29, 1.82) is 0 Å². The van der Waals surface area contributed by atoms with Gasteiger partial charge < -0.3 is 15.0 Å². The monoisotopic (exact) mass is 693 g/mol. The summed E-state index contributed by atoms with van der Waals surface area (Å²) in [6.07, 6.45) is 3.82. The van der Waals surface area contributed by atoms with E-state index in [4.69, 9.17) is 27.9 Å². The van der Waals surface area contributed by atoms with Gasteiger partial charge in [-0.3, -0.25) is 13.9 Å². The van der Waals surface area contributed by atoms with Gasteiger partial charge in [0.25, 0.3) is 10.0 Å². The number of sulfonamides is 1. The van der Waals surface area contributed by atoms with Crippen molar-refractivity contribution >= 4 is 50.7 Å². The van der Waals surface area contributed by atoms with E-state index in [1.165, 1.54) is 17.0 Å². The molecule has 4 aromatic rings. The highest BCUT2D eigenvalue weighted by molar-refractivity contribution is 7.92. The Morgan fingerprint density at radius 1 is 0.894 bits per heavy atom. The Morgan fingerprint density at radius 3 is 2.17 bits per heavy atom. The van der Waals surface area contributed by atoms with E-state index >= 15 is 0 Å². The van der Waals surface area contributed by atoms with E-state index in [1.807, 2.05) is 37.3 Å². The number of anilines is 1. The molecule has 1 N–H and O–H groups in total. The van der Waals surface area contributed by atoms with Gasteiger partial charge in [-0.15, -0.1) is 0 Å². The van der Waals surface area contributed by atoms with Crippen LogP contribution >= 0.6 is 23.2 Å². The normalized spacial score (nSPS) is 14.0. The van der Waals surface area contributed by atoms with Crippen LogP contribution in [0.15, 0.2) is 102 Å². The van der Waals surface area contributed by atoms with E-state index in [2.05, 4.69) is 5.32 Å². The van der Waals surface area contributed by atoms with Crippen molar-refractivity contribution in [1.82, 2.24) is 10.2 Å². The molecule has 0 heterocycles. The summed E-state index contributed by atoms with van der Waals surface area (Å²) >= 11 is 12.6. The van der Waals surface area contributed by atoms with Gasteiger partial charge in [0.2, 0.25) is 11.8 Å². The molecule has 0 aliphatic heterocycles. The molecule has 1 saturated carbocycles. The number of aryl methyl sites for hydroxylation is 1. The van der Waals surface area contributed by atoms with Crippen LogP contribution in [0.4, 0.5) is 5.69 Å². The molecule has 1 atom stereocenters. The van der Waals surface area contributed by atoms with Crippen LogP contribution in [0.3, 0.4) is 0 Å². The molecular formula is C36H37Cl2N3O5S. The fourth-order valence-corrected chi connectivity index (χ4v) is 7.36. The second kappa shape index (κ2) is 15.2. The van der Waals surface area contributed by atoms with E-state index in [9.17, 15) is 18.0 Å². The lowest BCUT2D eigenvalue weighted by molar-refractivity contribution is -0.139. The molecule has 2 amide bonds. The molecule has 0 bridgehead atoms. The average Bonchev–Trinajstić information content (AvgIpc) is 3.57. The number of carbonyl (C=O) groups is 2. The first-order chi connectivity index (χ1) is 22.5. The second-order valence-corrected chi connectivity index (χ2v) is 14.4. The summed E-state index contributed by atoms with van der Waals surface area (Å²) in [6.45, 7) is 2.90. The molecule has 5 rings (SSSR count). The Labute approximate surface area is 286 Å². The Hall–Kier alpha value is -4.05. The molecule has 1 aliphatic rings. The molecule has 0 radical (unpaired) electrons. The van der Waals surface area contributed by atoms with Gasteiger partial charge in [0.1, 0.15) is 24.1 Å². The SMILES string of the molecule is Cc1ccc(S(=O)(=O)N(CC(=O)N(Cc2ccc(Cl)cc2Cl)[C@H](C)C(=O)NC2CCCC2)c2ccc(Oc3ccccc3)cc2)cc1. The largest absolute Gasteiger partial charge is 0.457 e. The highest BCUT2D eigenvalue weighted by atomic mass is 35.5. The predicted molar refractivity (Wildman–Crippen MR) is 186 cm³/mol. The predicted octanol–water partition coefficient (Wildman–Crippen LogP) is 7.77. The maximum atomic E-state index is 14.3. The van der Waals surface area contributed by atoms with Crippen molar-refractivity contribution < 1.29 is 22.7 Å². The average molecular weight is 695 g/mol. The molecule has 11 heteroatoms. The van der Waals surface area contributed by atoms with Crippen LogP contribution in [-0.2, 0) is 26.2 Å². The van der Waals surface area contributed by atoms with Gasteiger partial charge in [-0.1, -0.05) is 78.0 Å². The van der Waals surface area contributed by atoms with E-state index in [1.54, 1.807) is 61.5 Å². The number of para-hydroxylation sites is 1. The zero-order valence-electron chi connectivity index (χ0n) is 26.2. The van der Waals surface area contributed by atoms with Crippen LogP contribution < -0.4 is 14.4 Å². The van der Waals surface area contributed by atoms with Gasteiger partial charge in [-0.05, 0) is 92.9 Å². The van der Waals surface area contributed by atoms with Crippen molar-refractivity contribution in [3.8, 4) is 11.5 Å². The molecule has 0 spiro atoms. The lowest BCUT2D eigenvalue weighted by Gasteiger charge is -2.32. The summed E-state index contributed by atoms with van der Waals surface area (Å²) in [7, 11) is -4.22. The van der Waals surface area contributed by atoms with Crippen LogP contribution in [0.25, 0.3) is 0 Å². The number of benzene rings is 4. The van der Waals surface area contributed by atoms with Gasteiger partial charge >= 0.3 is 0 Å². The van der Waals surface area contributed by atoms with Gasteiger partial charge in [0.15, 0.2) is 0 Å². The van der Waals surface area contributed by atoms with Crippen LogP contribution in [0.1, 0.15) is 43.7 Å². The van der Waals surface area contributed by atoms with Gasteiger partial charge in [0, 0.05) is 22.6 Å². The first kappa shape index (κ1) is 34.3. The molecule has 0 unspecified atom stereocenters. The number of nitrogens with zero attached hydrogens (tertiary/aromatic N) is 2. The minimum Gasteiger partial charge on any atom is -0.457 e. The Kier molecular flexibility index (Phi) is 11.1. The van der Waals surface area contributed by atoms with Crippen molar-refractivity contribution in [2.45, 2.75) is 63.1 Å². The third-order valence-electron chi connectivity index (χ3n) is 8.22. The first-order valence-electron chi connectivity index (χ1n) is 15.5. The quantitative estimate of drug-likeness (QED) is 0.164. The van der Waals surface area contributed by atoms with Crippen molar-refractivity contribution in [3.63, 3.8) is 0 Å². The summed E-state index contributed by atoms with van der Waals surface area (Å²) < 4.78 is 35.3. The smallest absolute Gasteiger partial charge is 0.264 e. The molecule has 0 aromatic heterocycles. The molecule has 1 fully saturated rings. The number of hydrogen-bond acceptors (Lipinski definition) is 5. The third-order valence-corrected chi connectivity index (χ3v) is 10.6. The number of carbonyl (C=O) groups excluding carboxylic acids is 2.